The Balaban J connectivity index is 1.89. The van der Waals surface area contributed by atoms with Crippen molar-refractivity contribution in [2.24, 2.45) is 5.73 Å². The van der Waals surface area contributed by atoms with Gasteiger partial charge in [0.15, 0.2) is 0 Å². The monoisotopic (exact) mass is 302 g/mol. The number of benzene rings is 1. The Bertz CT molecular complexity index is 640. The van der Waals surface area contributed by atoms with Gasteiger partial charge >= 0.3 is 0 Å². The average Bonchev–Trinajstić information content (AvgIpc) is 3.06. The number of ether oxygens (including phenoxy) is 1. The molecule has 0 saturated carbocycles. The van der Waals surface area contributed by atoms with Crippen LogP contribution < -0.4 is 15.4 Å². The topological polar surface area (TPSA) is 55.6 Å². The number of carbonyl (C=O) groups excluding carboxylic acids is 1. The molecule has 4 nitrogen and oxygen atoms in total. The molecule has 5 heteroatoms. The molecule has 1 aliphatic rings. The first kappa shape index (κ1) is 14.1. The van der Waals surface area contributed by atoms with E-state index >= 15 is 0 Å². The van der Waals surface area contributed by atoms with Gasteiger partial charge < -0.3 is 15.4 Å². The zero-order chi connectivity index (χ0) is 14.8. The highest BCUT2D eigenvalue weighted by Gasteiger charge is 2.28. The van der Waals surface area contributed by atoms with E-state index in [-0.39, 0.29) is 5.91 Å². The molecule has 0 bridgehead atoms. The standard InChI is InChI=1S/C16H18N2O2S/c1-20-12-6-7-13-11(10-12)4-2-8-18(13)16(19)15(17)14-5-3-9-21-14/h3,5-7,9-10,15H,2,4,8,17H2,1H3. The van der Waals surface area contributed by atoms with E-state index in [0.29, 0.717) is 0 Å². The number of fused-ring (bicyclic) bond motifs is 1. The summed E-state index contributed by atoms with van der Waals surface area (Å²) < 4.78 is 5.26. The second-order valence-corrected chi connectivity index (χ2v) is 6.06. The van der Waals surface area contributed by atoms with Crippen LogP contribution in [0.3, 0.4) is 0 Å². The second-order valence-electron chi connectivity index (χ2n) is 5.08. The quantitative estimate of drug-likeness (QED) is 0.948. The van der Waals surface area contributed by atoms with Gasteiger partial charge in [-0.1, -0.05) is 6.07 Å². The fourth-order valence-corrected chi connectivity index (χ4v) is 3.41. The summed E-state index contributed by atoms with van der Waals surface area (Å²) in [6, 6.07) is 9.09. The number of aryl methyl sites for hydroxylation is 1. The lowest BCUT2D eigenvalue weighted by Gasteiger charge is -2.31. The zero-order valence-electron chi connectivity index (χ0n) is 11.9. The van der Waals surface area contributed by atoms with Crippen LogP contribution in [0.2, 0.25) is 0 Å². The van der Waals surface area contributed by atoms with Gasteiger partial charge in [-0.3, -0.25) is 4.79 Å². The number of methoxy groups -OCH3 is 1. The third kappa shape index (κ3) is 2.66. The van der Waals surface area contributed by atoms with Crippen molar-refractivity contribution in [1.29, 1.82) is 0 Å². The highest BCUT2D eigenvalue weighted by Crippen LogP contribution is 2.32. The second kappa shape index (κ2) is 5.87. The number of hydrogen-bond donors (Lipinski definition) is 1. The normalized spacial score (nSPS) is 15.4. The fraction of sp³-hybridized carbons (Fsp3) is 0.312. The maximum atomic E-state index is 12.7. The van der Waals surface area contributed by atoms with Gasteiger partial charge in [0.1, 0.15) is 11.8 Å². The number of hydrogen-bond acceptors (Lipinski definition) is 4. The largest absolute Gasteiger partial charge is 0.497 e. The first-order valence-corrected chi connectivity index (χ1v) is 7.86. The SMILES string of the molecule is COc1ccc2c(c1)CCCN2C(=O)C(N)c1cccs1. The molecule has 1 amide bonds. The van der Waals surface area contributed by atoms with Crippen LogP contribution in [0, 0.1) is 0 Å². The molecule has 1 aliphatic heterocycles. The van der Waals surface area contributed by atoms with Crippen molar-refractivity contribution in [2.45, 2.75) is 18.9 Å². The van der Waals surface area contributed by atoms with Gasteiger partial charge in [0.05, 0.1) is 7.11 Å². The van der Waals surface area contributed by atoms with Crippen LogP contribution in [0.5, 0.6) is 5.75 Å². The summed E-state index contributed by atoms with van der Waals surface area (Å²) in [5.41, 5.74) is 8.22. The molecule has 0 spiro atoms. The molecule has 2 heterocycles. The molecule has 1 unspecified atom stereocenters. The molecule has 3 rings (SSSR count). The van der Waals surface area contributed by atoms with E-state index in [4.69, 9.17) is 10.5 Å². The van der Waals surface area contributed by atoms with E-state index < -0.39 is 6.04 Å². The van der Waals surface area contributed by atoms with Crippen LogP contribution >= 0.6 is 11.3 Å². The van der Waals surface area contributed by atoms with Crippen molar-refractivity contribution < 1.29 is 9.53 Å². The minimum atomic E-state index is -0.585. The predicted octanol–water partition coefficient (Wildman–Crippen LogP) is 2.74. The Morgan fingerprint density at radius 2 is 2.29 bits per heavy atom. The first-order chi connectivity index (χ1) is 10.2. The molecule has 0 fully saturated rings. The number of thiophene rings is 1. The molecule has 0 radical (unpaired) electrons. The molecule has 0 saturated heterocycles. The van der Waals surface area contributed by atoms with E-state index in [1.807, 2.05) is 40.6 Å². The molecule has 2 N–H and O–H groups in total. The Hall–Kier alpha value is -1.85. The highest BCUT2D eigenvalue weighted by atomic mass is 32.1. The maximum absolute atomic E-state index is 12.7. The lowest BCUT2D eigenvalue weighted by Crippen LogP contribution is -2.41. The molecule has 21 heavy (non-hydrogen) atoms. The number of amides is 1. The van der Waals surface area contributed by atoms with E-state index in [1.165, 1.54) is 11.3 Å². The average molecular weight is 302 g/mol. The van der Waals surface area contributed by atoms with Crippen molar-refractivity contribution in [3.8, 4) is 5.75 Å². The predicted molar refractivity (Wildman–Crippen MR) is 84.9 cm³/mol. The van der Waals surface area contributed by atoms with Gasteiger partial charge in [-0.2, -0.15) is 0 Å². The van der Waals surface area contributed by atoms with Crippen LogP contribution in [-0.2, 0) is 11.2 Å². The zero-order valence-corrected chi connectivity index (χ0v) is 12.7. The van der Waals surface area contributed by atoms with Crippen molar-refractivity contribution in [3.63, 3.8) is 0 Å². The Labute approximate surface area is 128 Å². The van der Waals surface area contributed by atoms with Gasteiger partial charge in [0.25, 0.3) is 0 Å². The van der Waals surface area contributed by atoms with Gasteiger partial charge in [-0.15, -0.1) is 11.3 Å². The van der Waals surface area contributed by atoms with Crippen molar-refractivity contribution in [1.82, 2.24) is 0 Å². The molecular formula is C16H18N2O2S. The number of anilines is 1. The summed E-state index contributed by atoms with van der Waals surface area (Å²) >= 11 is 1.52. The van der Waals surface area contributed by atoms with E-state index in [0.717, 1.165) is 41.3 Å². The summed E-state index contributed by atoms with van der Waals surface area (Å²) in [6.45, 7) is 0.719. The van der Waals surface area contributed by atoms with Crippen LogP contribution in [0.25, 0.3) is 0 Å². The van der Waals surface area contributed by atoms with Crippen LogP contribution in [0.15, 0.2) is 35.7 Å². The molecule has 0 aliphatic carbocycles. The molecule has 110 valence electrons. The molecule has 1 aromatic heterocycles. The van der Waals surface area contributed by atoms with E-state index in [2.05, 4.69) is 0 Å². The lowest BCUT2D eigenvalue weighted by atomic mass is 10.0. The third-order valence-corrected chi connectivity index (χ3v) is 4.74. The van der Waals surface area contributed by atoms with Gasteiger partial charge in [-0.25, -0.2) is 0 Å². The van der Waals surface area contributed by atoms with Gasteiger partial charge in [0, 0.05) is 17.1 Å². The van der Waals surface area contributed by atoms with E-state index in [9.17, 15) is 4.79 Å². The third-order valence-electron chi connectivity index (χ3n) is 3.79. The summed E-state index contributed by atoms with van der Waals surface area (Å²) in [5.74, 6) is 0.786. The number of rotatable bonds is 3. The summed E-state index contributed by atoms with van der Waals surface area (Å²) in [6.07, 6.45) is 1.91. The molecule has 1 atom stereocenters. The Morgan fingerprint density at radius 3 is 3.00 bits per heavy atom. The fourth-order valence-electron chi connectivity index (χ4n) is 2.69. The maximum Gasteiger partial charge on any atom is 0.249 e. The van der Waals surface area contributed by atoms with Crippen molar-refractivity contribution in [2.75, 3.05) is 18.6 Å². The van der Waals surface area contributed by atoms with Gasteiger partial charge in [-0.05, 0) is 48.1 Å². The van der Waals surface area contributed by atoms with Crippen LogP contribution in [-0.4, -0.2) is 19.6 Å². The highest BCUT2D eigenvalue weighted by molar-refractivity contribution is 7.10. The molecule has 2 aromatic rings. The smallest absolute Gasteiger partial charge is 0.249 e. The minimum absolute atomic E-state index is 0.0384. The van der Waals surface area contributed by atoms with Crippen LogP contribution in [0.1, 0.15) is 22.9 Å². The van der Waals surface area contributed by atoms with E-state index in [1.54, 1.807) is 7.11 Å². The summed E-state index contributed by atoms with van der Waals surface area (Å²) in [4.78, 5) is 15.4. The summed E-state index contributed by atoms with van der Waals surface area (Å²) in [7, 11) is 1.65. The van der Waals surface area contributed by atoms with Crippen LogP contribution in [0.4, 0.5) is 5.69 Å². The minimum Gasteiger partial charge on any atom is -0.497 e. The molecule has 1 aromatic carbocycles. The van der Waals surface area contributed by atoms with Crippen molar-refractivity contribution in [3.05, 3.63) is 46.2 Å². The number of nitrogens with zero attached hydrogens (tertiary/aromatic N) is 1. The number of nitrogens with two attached hydrogens (primary N) is 1. The van der Waals surface area contributed by atoms with Crippen molar-refractivity contribution >= 4 is 22.9 Å². The Kier molecular flexibility index (Phi) is 3.94. The Morgan fingerprint density at radius 1 is 1.43 bits per heavy atom. The van der Waals surface area contributed by atoms with Gasteiger partial charge in [0.2, 0.25) is 5.91 Å². The number of carbonyl (C=O) groups is 1. The molecular weight excluding hydrogens is 284 g/mol. The lowest BCUT2D eigenvalue weighted by molar-refractivity contribution is -0.120. The first-order valence-electron chi connectivity index (χ1n) is 6.98. The summed E-state index contributed by atoms with van der Waals surface area (Å²) in [5, 5.41) is 1.94.